The highest BCUT2D eigenvalue weighted by Gasteiger charge is 2.33. The molecule has 4 amide bonds. The molecule has 0 rings (SSSR count). The number of thioether (sulfide) groups is 1. The number of carboxylic acids is 1. The Labute approximate surface area is 190 Å². The summed E-state index contributed by atoms with van der Waals surface area (Å²) in [6.07, 6.45) is -1.04. The zero-order valence-corrected chi connectivity index (χ0v) is 19.1. The molecule has 32 heavy (non-hydrogen) atoms. The molecule has 0 aromatic rings. The average molecular weight is 480 g/mol. The Balaban J connectivity index is 5.34. The van der Waals surface area contributed by atoms with Crippen molar-refractivity contribution in [3.63, 3.8) is 0 Å². The third kappa shape index (κ3) is 10.7. The fraction of sp³-hybridized carbons (Fsp3) is 0.722. The third-order valence-corrected chi connectivity index (χ3v) is 5.03. The second kappa shape index (κ2) is 14.6. The van der Waals surface area contributed by atoms with Crippen LogP contribution in [0.4, 0.5) is 0 Å². The smallest absolute Gasteiger partial charge is 0.328 e. The van der Waals surface area contributed by atoms with Crippen LogP contribution in [0.1, 0.15) is 33.1 Å². The van der Waals surface area contributed by atoms with E-state index in [-0.39, 0.29) is 19.3 Å². The number of aliphatic hydroxyl groups excluding tert-OH is 2. The molecular formula is C18H33N5O8S. The lowest BCUT2D eigenvalue weighted by atomic mass is 10.1. The topological polar surface area (TPSA) is 234 Å². The van der Waals surface area contributed by atoms with Crippen LogP contribution in [0.3, 0.4) is 0 Å². The first-order chi connectivity index (χ1) is 14.8. The SMILES string of the molecule is CSCCC(NC(=O)C(N)CCC(N)=O)C(=O)NC(C(=O)NC(C(=O)O)C(C)O)C(C)O. The van der Waals surface area contributed by atoms with Gasteiger partial charge >= 0.3 is 5.97 Å². The molecule has 13 nitrogen and oxygen atoms in total. The summed E-state index contributed by atoms with van der Waals surface area (Å²) in [5, 5.41) is 35.3. The molecule has 14 heteroatoms. The van der Waals surface area contributed by atoms with E-state index in [2.05, 4.69) is 16.0 Å². The minimum absolute atomic E-state index is 0.0212. The van der Waals surface area contributed by atoms with Gasteiger partial charge in [0.2, 0.25) is 23.6 Å². The molecule has 0 heterocycles. The number of nitrogens with two attached hydrogens (primary N) is 2. The van der Waals surface area contributed by atoms with Crippen LogP contribution in [0.15, 0.2) is 0 Å². The van der Waals surface area contributed by atoms with Crippen LogP contribution < -0.4 is 27.4 Å². The van der Waals surface area contributed by atoms with Gasteiger partial charge in [-0.3, -0.25) is 19.2 Å². The number of amides is 4. The van der Waals surface area contributed by atoms with Crippen molar-refractivity contribution in [3.05, 3.63) is 0 Å². The van der Waals surface area contributed by atoms with Crippen molar-refractivity contribution in [2.75, 3.05) is 12.0 Å². The zero-order valence-electron chi connectivity index (χ0n) is 18.2. The predicted molar refractivity (Wildman–Crippen MR) is 116 cm³/mol. The lowest BCUT2D eigenvalue weighted by Gasteiger charge is -2.27. The van der Waals surface area contributed by atoms with Crippen LogP contribution in [-0.2, 0) is 24.0 Å². The molecule has 0 saturated heterocycles. The van der Waals surface area contributed by atoms with Crippen LogP contribution in [0, 0.1) is 0 Å². The molecule has 184 valence electrons. The normalized spacial score (nSPS) is 16.6. The molecule has 0 saturated carbocycles. The number of carbonyl (C=O) groups excluding carboxylic acids is 4. The monoisotopic (exact) mass is 479 g/mol. The summed E-state index contributed by atoms with van der Waals surface area (Å²) >= 11 is 1.40. The van der Waals surface area contributed by atoms with Crippen molar-refractivity contribution in [1.82, 2.24) is 16.0 Å². The Bertz CT molecular complexity index is 676. The van der Waals surface area contributed by atoms with E-state index in [9.17, 15) is 34.2 Å². The number of carboxylic acid groups (broad SMARTS) is 1. The van der Waals surface area contributed by atoms with E-state index < -0.39 is 66.0 Å². The average Bonchev–Trinajstić information content (AvgIpc) is 2.69. The number of hydrogen-bond acceptors (Lipinski definition) is 9. The number of nitrogens with one attached hydrogen (secondary N) is 3. The Morgan fingerprint density at radius 2 is 1.41 bits per heavy atom. The van der Waals surface area contributed by atoms with Crippen molar-refractivity contribution < 1.29 is 39.3 Å². The van der Waals surface area contributed by atoms with Gasteiger partial charge in [-0.15, -0.1) is 0 Å². The Kier molecular flexibility index (Phi) is 13.5. The van der Waals surface area contributed by atoms with Gasteiger partial charge in [0, 0.05) is 6.42 Å². The molecule has 0 radical (unpaired) electrons. The van der Waals surface area contributed by atoms with Gasteiger partial charge in [-0.05, 0) is 38.7 Å². The second-order valence-electron chi connectivity index (χ2n) is 7.25. The quantitative estimate of drug-likeness (QED) is 0.116. The lowest BCUT2D eigenvalue weighted by Crippen LogP contribution is -2.61. The Morgan fingerprint density at radius 3 is 1.84 bits per heavy atom. The first-order valence-electron chi connectivity index (χ1n) is 9.84. The van der Waals surface area contributed by atoms with Crippen LogP contribution in [-0.4, -0.2) is 93.3 Å². The summed E-state index contributed by atoms with van der Waals surface area (Å²) in [5.41, 5.74) is 10.7. The molecule has 0 fully saturated rings. The fourth-order valence-electron chi connectivity index (χ4n) is 2.50. The molecular weight excluding hydrogens is 446 g/mol. The summed E-state index contributed by atoms with van der Waals surface area (Å²) in [6.45, 7) is 2.36. The molecule has 6 atom stereocenters. The van der Waals surface area contributed by atoms with Crippen LogP contribution >= 0.6 is 11.8 Å². The van der Waals surface area contributed by atoms with E-state index in [0.717, 1.165) is 6.92 Å². The third-order valence-electron chi connectivity index (χ3n) is 4.39. The van der Waals surface area contributed by atoms with Gasteiger partial charge in [0.1, 0.15) is 12.1 Å². The number of rotatable bonds is 15. The van der Waals surface area contributed by atoms with Gasteiger partial charge in [-0.2, -0.15) is 11.8 Å². The molecule has 0 aromatic heterocycles. The van der Waals surface area contributed by atoms with E-state index in [4.69, 9.17) is 16.6 Å². The molecule has 0 aliphatic heterocycles. The summed E-state index contributed by atoms with van der Waals surface area (Å²) < 4.78 is 0. The number of primary amides is 1. The molecule has 6 unspecified atom stereocenters. The highest BCUT2D eigenvalue weighted by Crippen LogP contribution is 2.05. The Morgan fingerprint density at radius 1 is 0.875 bits per heavy atom. The second-order valence-corrected chi connectivity index (χ2v) is 8.23. The maximum Gasteiger partial charge on any atom is 0.328 e. The highest BCUT2D eigenvalue weighted by atomic mass is 32.2. The van der Waals surface area contributed by atoms with Gasteiger partial charge in [-0.25, -0.2) is 4.79 Å². The first kappa shape index (κ1) is 29.6. The van der Waals surface area contributed by atoms with E-state index in [1.165, 1.54) is 18.7 Å². The maximum atomic E-state index is 12.7. The number of aliphatic carboxylic acids is 1. The van der Waals surface area contributed by atoms with Crippen LogP contribution in [0.25, 0.3) is 0 Å². The molecule has 0 aromatic carbocycles. The molecule has 10 N–H and O–H groups in total. The van der Waals surface area contributed by atoms with Crippen LogP contribution in [0.2, 0.25) is 0 Å². The molecule has 0 bridgehead atoms. The van der Waals surface area contributed by atoms with Crippen molar-refractivity contribution in [1.29, 1.82) is 0 Å². The summed E-state index contributed by atoms with van der Waals surface area (Å²) in [7, 11) is 0. The fourth-order valence-corrected chi connectivity index (χ4v) is 2.97. The minimum atomic E-state index is -1.66. The summed E-state index contributed by atoms with van der Waals surface area (Å²) in [5.74, 6) is -4.21. The van der Waals surface area contributed by atoms with Crippen molar-refractivity contribution in [2.24, 2.45) is 11.5 Å². The summed E-state index contributed by atoms with van der Waals surface area (Å²) in [4.78, 5) is 59.5. The van der Waals surface area contributed by atoms with Gasteiger partial charge < -0.3 is 42.7 Å². The largest absolute Gasteiger partial charge is 0.480 e. The minimum Gasteiger partial charge on any atom is -0.480 e. The van der Waals surface area contributed by atoms with Gasteiger partial charge in [-0.1, -0.05) is 0 Å². The molecule has 0 spiro atoms. The molecule has 0 aliphatic carbocycles. The van der Waals surface area contributed by atoms with E-state index in [1.807, 2.05) is 0 Å². The molecule has 0 aliphatic rings. The lowest BCUT2D eigenvalue weighted by molar-refractivity contribution is -0.146. The van der Waals surface area contributed by atoms with E-state index >= 15 is 0 Å². The van der Waals surface area contributed by atoms with E-state index in [0.29, 0.717) is 5.75 Å². The van der Waals surface area contributed by atoms with Crippen molar-refractivity contribution >= 4 is 41.4 Å². The van der Waals surface area contributed by atoms with Crippen molar-refractivity contribution in [2.45, 2.75) is 69.5 Å². The zero-order chi connectivity index (χ0) is 25.0. The van der Waals surface area contributed by atoms with E-state index in [1.54, 1.807) is 6.26 Å². The summed E-state index contributed by atoms with van der Waals surface area (Å²) in [6, 6.07) is -5.42. The Hall–Kier alpha value is -2.42. The maximum absolute atomic E-state index is 12.7. The number of carbonyl (C=O) groups is 5. The van der Waals surface area contributed by atoms with Crippen molar-refractivity contribution in [3.8, 4) is 0 Å². The first-order valence-corrected chi connectivity index (χ1v) is 11.2. The highest BCUT2D eigenvalue weighted by molar-refractivity contribution is 7.98. The van der Waals surface area contributed by atoms with Crippen LogP contribution in [0.5, 0.6) is 0 Å². The predicted octanol–water partition coefficient (Wildman–Crippen LogP) is -3.37. The standard InChI is InChI=1S/C18H33N5O8S/c1-8(24)13(17(29)23-14(9(2)25)18(30)31)22-16(28)11(6-7-32-3)21-15(27)10(19)4-5-12(20)26/h8-11,13-14,24-25H,4-7,19H2,1-3H3,(H2,20,26)(H,21,27)(H,22,28)(H,23,29)(H,30,31). The van der Waals surface area contributed by atoms with Gasteiger partial charge in [0.15, 0.2) is 6.04 Å². The van der Waals surface area contributed by atoms with Gasteiger partial charge in [0.05, 0.1) is 18.2 Å². The number of hydrogen-bond donors (Lipinski definition) is 8. The van der Waals surface area contributed by atoms with Gasteiger partial charge in [0.25, 0.3) is 0 Å². The number of aliphatic hydroxyl groups is 2.